The fraction of sp³-hybridized carbons (Fsp3) is 0.400. The first-order valence-electron chi connectivity index (χ1n) is 14.1. The van der Waals surface area contributed by atoms with Crippen LogP contribution in [-0.4, -0.2) is 84.1 Å². The molecule has 3 unspecified atom stereocenters. The van der Waals surface area contributed by atoms with Crippen LogP contribution in [0.3, 0.4) is 0 Å². The number of anilines is 1. The number of hydrazine groups is 1. The Morgan fingerprint density at radius 1 is 1.12 bits per heavy atom. The van der Waals surface area contributed by atoms with Crippen LogP contribution in [0.2, 0.25) is 0 Å². The highest BCUT2D eigenvalue weighted by Gasteiger charge is 2.51. The van der Waals surface area contributed by atoms with Gasteiger partial charge in [0.25, 0.3) is 5.91 Å². The molecule has 1 saturated carbocycles. The number of hydrogen-bond acceptors (Lipinski definition) is 10. The van der Waals surface area contributed by atoms with Crippen molar-refractivity contribution in [1.82, 2.24) is 14.9 Å². The van der Waals surface area contributed by atoms with Gasteiger partial charge in [0.2, 0.25) is 6.79 Å². The van der Waals surface area contributed by atoms with Gasteiger partial charge >= 0.3 is 6.16 Å². The number of fused-ring (bicyclic) bond motifs is 4. The third kappa shape index (κ3) is 4.58. The Kier molecular flexibility index (Phi) is 6.95. The van der Waals surface area contributed by atoms with Gasteiger partial charge in [-0.15, -0.1) is 0 Å². The topological polar surface area (TPSA) is 104 Å². The standard InChI is InChI=1S/C30H30F2N4O7/c1-40-30(39)43-16-42-28-23(37)10-11-35-27(28)29(38)33-12-13-41-15-24(33)36(35)26-18-8-9-21(31)25(32)20(18)14-34(17-6-7-17)22-5-3-2-4-19(22)26/h2-5,8-11,17,23-24,26,37H,6-7,12-16H2,1H3. The van der Waals surface area contributed by atoms with Crippen LogP contribution in [0.1, 0.15) is 35.6 Å². The Morgan fingerprint density at radius 3 is 2.72 bits per heavy atom. The van der Waals surface area contributed by atoms with E-state index in [0.717, 1.165) is 37.3 Å². The van der Waals surface area contributed by atoms with Gasteiger partial charge in [-0.1, -0.05) is 24.3 Å². The maximum Gasteiger partial charge on any atom is 0.510 e. The predicted molar refractivity (Wildman–Crippen MR) is 145 cm³/mol. The van der Waals surface area contributed by atoms with Gasteiger partial charge in [-0.2, -0.15) is 5.01 Å². The highest BCUT2D eigenvalue weighted by molar-refractivity contribution is 5.95. The summed E-state index contributed by atoms with van der Waals surface area (Å²) < 4.78 is 51.4. The smallest absolute Gasteiger partial charge is 0.456 e. The lowest BCUT2D eigenvalue weighted by Crippen LogP contribution is -2.68. The van der Waals surface area contributed by atoms with E-state index in [-0.39, 0.29) is 49.4 Å². The van der Waals surface area contributed by atoms with Crippen molar-refractivity contribution >= 4 is 17.7 Å². The lowest BCUT2D eigenvalue weighted by atomic mass is 9.92. The molecule has 43 heavy (non-hydrogen) atoms. The zero-order valence-electron chi connectivity index (χ0n) is 23.3. The molecule has 5 aliphatic rings. The van der Waals surface area contributed by atoms with E-state index in [1.54, 1.807) is 22.2 Å². The molecule has 4 aliphatic heterocycles. The molecule has 3 fully saturated rings. The summed E-state index contributed by atoms with van der Waals surface area (Å²) >= 11 is 0. The Bertz CT molecular complexity index is 1530. The first-order chi connectivity index (χ1) is 20.9. The summed E-state index contributed by atoms with van der Waals surface area (Å²) in [5.74, 6) is -2.39. The van der Waals surface area contributed by atoms with E-state index in [9.17, 15) is 19.1 Å². The maximum absolute atomic E-state index is 15.7. The van der Waals surface area contributed by atoms with Crippen LogP contribution in [0.4, 0.5) is 19.3 Å². The Balaban J connectivity index is 1.42. The van der Waals surface area contributed by atoms with Crippen molar-refractivity contribution < 1.29 is 42.4 Å². The molecule has 7 rings (SSSR count). The highest BCUT2D eigenvalue weighted by Crippen LogP contribution is 2.48. The first kappa shape index (κ1) is 27.6. The fourth-order valence-corrected chi connectivity index (χ4v) is 6.38. The van der Waals surface area contributed by atoms with Crippen LogP contribution >= 0.6 is 0 Å². The van der Waals surface area contributed by atoms with Gasteiger partial charge in [-0.05, 0) is 42.2 Å². The number of ether oxygens (including phenoxy) is 4. The number of carbonyl (C=O) groups is 2. The van der Waals surface area contributed by atoms with Crippen LogP contribution < -0.4 is 4.90 Å². The zero-order valence-corrected chi connectivity index (χ0v) is 23.3. The largest absolute Gasteiger partial charge is 0.510 e. The van der Waals surface area contributed by atoms with Crippen molar-refractivity contribution in [3.05, 3.63) is 88.5 Å². The summed E-state index contributed by atoms with van der Waals surface area (Å²) in [7, 11) is 1.15. The van der Waals surface area contributed by atoms with Crippen molar-refractivity contribution in [1.29, 1.82) is 0 Å². The number of amides is 1. The SMILES string of the molecule is COC(=O)OCOC1=C2C(=O)N3CCOCC3N(C3c4ccccc4N(C4CC4)Cc4c3ccc(F)c4F)N2C=CC1O. The third-order valence-corrected chi connectivity index (χ3v) is 8.47. The molecule has 4 heterocycles. The Morgan fingerprint density at radius 2 is 1.93 bits per heavy atom. The van der Waals surface area contributed by atoms with Gasteiger partial charge in [-0.25, -0.2) is 13.6 Å². The average molecular weight is 597 g/mol. The molecule has 11 nitrogen and oxygen atoms in total. The molecule has 1 amide bonds. The van der Waals surface area contributed by atoms with E-state index in [2.05, 4.69) is 9.64 Å². The van der Waals surface area contributed by atoms with Crippen LogP contribution in [0.5, 0.6) is 0 Å². The van der Waals surface area contributed by atoms with Crippen LogP contribution in [-0.2, 0) is 30.3 Å². The zero-order chi connectivity index (χ0) is 29.8. The van der Waals surface area contributed by atoms with Crippen LogP contribution in [0.15, 0.2) is 60.1 Å². The second kappa shape index (κ2) is 10.8. The molecule has 3 atom stereocenters. The van der Waals surface area contributed by atoms with Crippen molar-refractivity contribution in [3.8, 4) is 0 Å². The fourth-order valence-electron chi connectivity index (χ4n) is 6.38. The summed E-state index contributed by atoms with van der Waals surface area (Å²) in [6.07, 6.45) is 1.94. The van der Waals surface area contributed by atoms with E-state index in [1.165, 1.54) is 6.08 Å². The van der Waals surface area contributed by atoms with Gasteiger partial charge in [0.05, 0.1) is 26.4 Å². The normalized spacial score (nSPS) is 25.0. The number of carbonyl (C=O) groups excluding carboxylic acids is 2. The third-order valence-electron chi connectivity index (χ3n) is 8.47. The first-order valence-corrected chi connectivity index (χ1v) is 14.1. The molecule has 0 spiro atoms. The lowest BCUT2D eigenvalue weighted by Gasteiger charge is -2.55. The number of halogens is 2. The lowest BCUT2D eigenvalue weighted by molar-refractivity contribution is -0.191. The predicted octanol–water partition coefficient (Wildman–Crippen LogP) is 3.11. The van der Waals surface area contributed by atoms with Gasteiger partial charge in [-0.3, -0.25) is 9.80 Å². The van der Waals surface area contributed by atoms with Gasteiger partial charge in [0, 0.05) is 36.6 Å². The monoisotopic (exact) mass is 596 g/mol. The molecule has 226 valence electrons. The molecule has 0 radical (unpaired) electrons. The van der Waals surface area contributed by atoms with Gasteiger partial charge in [0.1, 0.15) is 12.3 Å². The second-order valence-corrected chi connectivity index (χ2v) is 10.9. The molecule has 1 N–H and O–H groups in total. The second-order valence-electron chi connectivity index (χ2n) is 10.9. The Hall–Kier alpha value is -4.20. The number of nitrogens with zero attached hydrogens (tertiary/aromatic N) is 4. The minimum Gasteiger partial charge on any atom is -0.456 e. The van der Waals surface area contributed by atoms with Crippen molar-refractivity contribution in [3.63, 3.8) is 0 Å². The molecular formula is C30H30F2N4O7. The number of para-hydroxylation sites is 1. The number of benzene rings is 2. The summed E-state index contributed by atoms with van der Waals surface area (Å²) in [5.41, 5.74) is 2.52. The quantitative estimate of drug-likeness (QED) is 0.409. The molecule has 2 saturated heterocycles. The molecular weight excluding hydrogens is 566 g/mol. The average Bonchev–Trinajstić information content (AvgIpc) is 3.87. The van der Waals surface area contributed by atoms with E-state index in [4.69, 9.17) is 14.2 Å². The van der Waals surface area contributed by atoms with Gasteiger partial charge in [0.15, 0.2) is 23.1 Å². The molecule has 1 aliphatic carbocycles. The van der Waals surface area contributed by atoms with E-state index in [1.807, 2.05) is 29.3 Å². The van der Waals surface area contributed by atoms with Gasteiger partial charge < -0.3 is 33.9 Å². The minimum atomic E-state index is -1.32. The number of rotatable bonds is 5. The summed E-state index contributed by atoms with van der Waals surface area (Å²) in [6, 6.07) is 9.99. The summed E-state index contributed by atoms with van der Waals surface area (Å²) in [5, 5.41) is 14.4. The van der Waals surface area contributed by atoms with Crippen molar-refractivity contribution in [2.75, 3.05) is 38.6 Å². The van der Waals surface area contributed by atoms with Crippen molar-refractivity contribution in [2.45, 2.75) is 43.7 Å². The molecule has 2 aromatic carbocycles. The molecule has 2 aromatic rings. The molecule has 0 aromatic heterocycles. The number of aliphatic hydroxyl groups is 1. The summed E-state index contributed by atoms with van der Waals surface area (Å²) in [4.78, 5) is 29.3. The summed E-state index contributed by atoms with van der Waals surface area (Å²) in [6.45, 7) is 0.260. The van der Waals surface area contributed by atoms with E-state index in [0.29, 0.717) is 5.56 Å². The number of morpholine rings is 1. The van der Waals surface area contributed by atoms with Crippen LogP contribution in [0, 0.1) is 11.6 Å². The van der Waals surface area contributed by atoms with E-state index >= 15 is 4.39 Å². The molecule has 13 heteroatoms. The minimum absolute atomic E-state index is 0.00604. The van der Waals surface area contributed by atoms with E-state index < -0.39 is 48.8 Å². The van der Waals surface area contributed by atoms with Crippen LogP contribution in [0.25, 0.3) is 0 Å². The number of methoxy groups -OCH3 is 1. The molecule has 0 bridgehead atoms. The number of aliphatic hydroxyl groups excluding tert-OH is 1. The highest BCUT2D eigenvalue weighted by atomic mass is 19.2. The number of hydrogen-bond donors (Lipinski definition) is 1. The van der Waals surface area contributed by atoms with Crippen molar-refractivity contribution in [2.24, 2.45) is 0 Å². The Labute approximate surface area is 246 Å². The maximum atomic E-state index is 15.7.